The summed E-state index contributed by atoms with van der Waals surface area (Å²) >= 11 is 0. The smallest absolute Gasteiger partial charge is 0.422 e. The number of rotatable bonds is 8. The number of carbonyl (C=O) groups is 2. The predicted molar refractivity (Wildman–Crippen MR) is 91.6 cm³/mol. The average molecular weight is 396 g/mol. The standard InChI is InChI=1S/C19H28F4O4/c1-13(2)16(24)26-12-15(10-11-18(3,20)19(21,22)23)27-17(25)14-8-6-4-5-7-9-14/h14-15H,1,4-12H2,2-3H3. The third-order valence-corrected chi connectivity index (χ3v) is 4.75. The van der Waals surface area contributed by atoms with Crippen molar-refractivity contribution in [1.29, 1.82) is 0 Å². The van der Waals surface area contributed by atoms with Crippen molar-refractivity contribution < 1.29 is 36.6 Å². The lowest BCUT2D eigenvalue weighted by atomic mass is 9.98. The molecule has 8 heteroatoms. The Morgan fingerprint density at radius 2 is 1.67 bits per heavy atom. The zero-order valence-electron chi connectivity index (χ0n) is 15.9. The van der Waals surface area contributed by atoms with Crippen molar-refractivity contribution in [3.05, 3.63) is 12.2 Å². The molecule has 2 atom stereocenters. The van der Waals surface area contributed by atoms with E-state index in [9.17, 15) is 27.2 Å². The van der Waals surface area contributed by atoms with E-state index in [-0.39, 0.29) is 11.5 Å². The first-order valence-corrected chi connectivity index (χ1v) is 9.23. The minimum absolute atomic E-state index is 0.106. The van der Waals surface area contributed by atoms with Gasteiger partial charge in [0.2, 0.25) is 5.67 Å². The first-order valence-electron chi connectivity index (χ1n) is 9.23. The van der Waals surface area contributed by atoms with E-state index in [1.807, 2.05) is 0 Å². The first-order chi connectivity index (χ1) is 12.4. The first kappa shape index (κ1) is 23.4. The molecule has 1 fully saturated rings. The molecule has 0 radical (unpaired) electrons. The van der Waals surface area contributed by atoms with Gasteiger partial charge in [0.15, 0.2) is 0 Å². The molecule has 0 aromatic rings. The molecule has 0 heterocycles. The summed E-state index contributed by atoms with van der Waals surface area (Å²) in [5.41, 5.74) is -3.31. The lowest BCUT2D eigenvalue weighted by Gasteiger charge is -2.26. The summed E-state index contributed by atoms with van der Waals surface area (Å²) in [6.07, 6.45) is -2.36. The third-order valence-electron chi connectivity index (χ3n) is 4.75. The van der Waals surface area contributed by atoms with Crippen LogP contribution in [0.1, 0.15) is 65.2 Å². The van der Waals surface area contributed by atoms with Crippen molar-refractivity contribution in [2.24, 2.45) is 5.92 Å². The minimum atomic E-state index is -5.03. The maximum Gasteiger partial charge on any atom is 0.422 e. The highest BCUT2D eigenvalue weighted by Gasteiger charge is 2.51. The molecule has 4 nitrogen and oxygen atoms in total. The van der Waals surface area contributed by atoms with Crippen LogP contribution in [-0.2, 0) is 19.1 Å². The maximum absolute atomic E-state index is 13.8. The molecule has 156 valence electrons. The Labute approximate surface area is 157 Å². The van der Waals surface area contributed by atoms with Crippen LogP contribution in [0.3, 0.4) is 0 Å². The van der Waals surface area contributed by atoms with Gasteiger partial charge in [-0.3, -0.25) is 4.79 Å². The molecule has 1 rings (SSSR count). The maximum atomic E-state index is 13.8. The molecule has 1 aliphatic carbocycles. The van der Waals surface area contributed by atoms with Crippen molar-refractivity contribution in [3.63, 3.8) is 0 Å². The second-order valence-electron chi connectivity index (χ2n) is 7.36. The van der Waals surface area contributed by atoms with Gasteiger partial charge in [0.25, 0.3) is 0 Å². The molecule has 27 heavy (non-hydrogen) atoms. The van der Waals surface area contributed by atoms with Crippen molar-refractivity contribution in [3.8, 4) is 0 Å². The van der Waals surface area contributed by atoms with Crippen molar-refractivity contribution in [2.75, 3.05) is 6.61 Å². The van der Waals surface area contributed by atoms with Gasteiger partial charge in [-0.2, -0.15) is 13.2 Å². The van der Waals surface area contributed by atoms with Gasteiger partial charge in [-0.15, -0.1) is 0 Å². The van der Waals surface area contributed by atoms with Crippen molar-refractivity contribution in [2.45, 2.75) is 83.2 Å². The lowest BCUT2D eigenvalue weighted by Crippen LogP contribution is -2.39. The largest absolute Gasteiger partial charge is 0.459 e. The predicted octanol–water partition coefficient (Wildman–Crippen LogP) is 5.06. The van der Waals surface area contributed by atoms with Crippen molar-refractivity contribution in [1.82, 2.24) is 0 Å². The number of halogens is 4. The highest BCUT2D eigenvalue weighted by atomic mass is 19.4. The van der Waals surface area contributed by atoms with Crippen LogP contribution in [0.2, 0.25) is 0 Å². The summed E-state index contributed by atoms with van der Waals surface area (Å²) in [7, 11) is 0. The Hall–Kier alpha value is -1.60. The third kappa shape index (κ3) is 7.89. The lowest BCUT2D eigenvalue weighted by molar-refractivity contribution is -0.227. The Bertz CT molecular complexity index is 520. The van der Waals surface area contributed by atoms with Crippen molar-refractivity contribution >= 4 is 11.9 Å². The van der Waals surface area contributed by atoms with E-state index in [0.29, 0.717) is 19.8 Å². The molecule has 1 saturated carbocycles. The van der Waals surface area contributed by atoms with Crippen LogP contribution >= 0.6 is 0 Å². The van der Waals surface area contributed by atoms with Crippen LogP contribution in [0.5, 0.6) is 0 Å². The van der Waals surface area contributed by atoms with E-state index in [1.165, 1.54) is 6.92 Å². The van der Waals surface area contributed by atoms with Gasteiger partial charge in [-0.05, 0) is 39.5 Å². The fourth-order valence-electron chi connectivity index (χ4n) is 2.82. The van der Waals surface area contributed by atoms with Gasteiger partial charge >= 0.3 is 18.1 Å². The van der Waals surface area contributed by atoms with Gasteiger partial charge in [0, 0.05) is 5.57 Å². The van der Waals surface area contributed by atoms with Gasteiger partial charge in [0.1, 0.15) is 12.7 Å². The summed E-state index contributed by atoms with van der Waals surface area (Å²) < 4.78 is 62.2. The fourth-order valence-corrected chi connectivity index (χ4v) is 2.82. The van der Waals surface area contributed by atoms with Gasteiger partial charge < -0.3 is 9.47 Å². The van der Waals surface area contributed by atoms with Gasteiger partial charge in [-0.1, -0.05) is 32.3 Å². The van der Waals surface area contributed by atoms with Crippen LogP contribution in [-0.4, -0.2) is 36.5 Å². The Kier molecular flexibility index (Phi) is 8.75. The molecular weight excluding hydrogens is 368 g/mol. The summed E-state index contributed by atoms with van der Waals surface area (Å²) in [5, 5.41) is 0. The van der Waals surface area contributed by atoms with E-state index in [1.54, 1.807) is 0 Å². The van der Waals surface area contributed by atoms with Crippen LogP contribution in [0, 0.1) is 5.92 Å². The summed E-state index contributed by atoms with van der Waals surface area (Å²) in [5.74, 6) is -1.60. The SMILES string of the molecule is C=C(C)C(=O)OCC(CCC(C)(F)C(F)(F)F)OC(=O)C1CCCCCC1. The molecule has 0 aliphatic heterocycles. The van der Waals surface area contributed by atoms with E-state index in [2.05, 4.69) is 6.58 Å². The van der Waals surface area contributed by atoms with Crippen LogP contribution < -0.4 is 0 Å². The highest BCUT2D eigenvalue weighted by molar-refractivity contribution is 5.86. The molecular formula is C19H28F4O4. The number of esters is 2. The highest BCUT2D eigenvalue weighted by Crippen LogP contribution is 2.37. The van der Waals surface area contributed by atoms with Gasteiger partial charge in [0.05, 0.1) is 5.92 Å². The van der Waals surface area contributed by atoms with E-state index < -0.39 is 49.3 Å². The molecule has 0 aromatic carbocycles. The minimum Gasteiger partial charge on any atom is -0.459 e. The number of carbonyl (C=O) groups excluding carboxylic acids is 2. The molecule has 0 bridgehead atoms. The quantitative estimate of drug-likeness (QED) is 0.249. The second-order valence-corrected chi connectivity index (χ2v) is 7.36. The Morgan fingerprint density at radius 1 is 1.11 bits per heavy atom. The normalized spacial score (nSPS) is 19.5. The summed E-state index contributed by atoms with van der Waals surface area (Å²) in [6.45, 7) is 4.83. The summed E-state index contributed by atoms with van der Waals surface area (Å²) in [4.78, 5) is 23.9. The van der Waals surface area contributed by atoms with E-state index >= 15 is 0 Å². The van der Waals surface area contributed by atoms with E-state index in [4.69, 9.17) is 9.47 Å². The van der Waals surface area contributed by atoms with Crippen LogP contribution in [0.15, 0.2) is 12.2 Å². The topological polar surface area (TPSA) is 52.6 Å². The van der Waals surface area contributed by atoms with Crippen LogP contribution in [0.25, 0.3) is 0 Å². The number of hydrogen-bond acceptors (Lipinski definition) is 4. The summed E-state index contributed by atoms with van der Waals surface area (Å²) in [6, 6.07) is 0. The molecule has 1 aliphatic rings. The number of hydrogen-bond donors (Lipinski definition) is 0. The van der Waals surface area contributed by atoms with Crippen LogP contribution in [0.4, 0.5) is 17.6 Å². The molecule has 0 spiro atoms. The fraction of sp³-hybridized carbons (Fsp3) is 0.789. The Morgan fingerprint density at radius 3 is 2.15 bits per heavy atom. The monoisotopic (exact) mass is 396 g/mol. The molecule has 2 unspecified atom stereocenters. The number of alkyl halides is 4. The van der Waals surface area contributed by atoms with E-state index in [0.717, 1.165) is 25.7 Å². The zero-order valence-corrected chi connectivity index (χ0v) is 15.9. The zero-order chi connectivity index (χ0) is 20.7. The number of ether oxygens (including phenoxy) is 2. The second kappa shape index (κ2) is 10.1. The Balaban J connectivity index is 2.72. The molecule has 0 N–H and O–H groups in total. The average Bonchev–Trinajstić information content (AvgIpc) is 2.85. The molecule has 0 saturated heterocycles. The molecule has 0 aromatic heterocycles. The van der Waals surface area contributed by atoms with Gasteiger partial charge in [-0.25, -0.2) is 9.18 Å². The molecule has 0 amide bonds.